The molecule has 2 rings (SSSR count). The SMILES string of the molecule is COC(=O)C(/C=C/c1ccccc1)CC#Cc1ccccc1. The molecule has 0 saturated carbocycles. The lowest BCUT2D eigenvalue weighted by atomic mass is 10.0. The number of methoxy groups -OCH3 is 1. The Labute approximate surface area is 131 Å². The minimum Gasteiger partial charge on any atom is -0.469 e. The van der Waals surface area contributed by atoms with Gasteiger partial charge in [-0.2, -0.15) is 0 Å². The summed E-state index contributed by atoms with van der Waals surface area (Å²) in [7, 11) is 1.40. The van der Waals surface area contributed by atoms with Gasteiger partial charge in [0.15, 0.2) is 0 Å². The second kappa shape index (κ2) is 8.49. The summed E-state index contributed by atoms with van der Waals surface area (Å²) in [5, 5.41) is 0. The maximum atomic E-state index is 11.8. The van der Waals surface area contributed by atoms with Gasteiger partial charge in [-0.15, -0.1) is 0 Å². The van der Waals surface area contributed by atoms with Crippen LogP contribution in [-0.2, 0) is 9.53 Å². The van der Waals surface area contributed by atoms with Gasteiger partial charge in [-0.3, -0.25) is 4.79 Å². The van der Waals surface area contributed by atoms with E-state index in [-0.39, 0.29) is 11.9 Å². The van der Waals surface area contributed by atoms with Crippen LogP contribution in [0.15, 0.2) is 66.7 Å². The largest absolute Gasteiger partial charge is 0.469 e. The van der Waals surface area contributed by atoms with E-state index in [9.17, 15) is 4.79 Å². The van der Waals surface area contributed by atoms with Crippen molar-refractivity contribution in [1.82, 2.24) is 0 Å². The van der Waals surface area contributed by atoms with Crippen LogP contribution in [0.25, 0.3) is 6.08 Å². The molecule has 0 N–H and O–H groups in total. The first-order valence-electron chi connectivity index (χ1n) is 7.14. The molecule has 1 unspecified atom stereocenters. The van der Waals surface area contributed by atoms with Crippen molar-refractivity contribution in [3.63, 3.8) is 0 Å². The molecule has 0 saturated heterocycles. The number of ether oxygens (including phenoxy) is 1. The molecule has 2 aromatic carbocycles. The zero-order valence-electron chi connectivity index (χ0n) is 12.5. The van der Waals surface area contributed by atoms with Gasteiger partial charge in [-0.1, -0.05) is 72.5 Å². The summed E-state index contributed by atoms with van der Waals surface area (Å²) < 4.78 is 4.85. The highest BCUT2D eigenvalue weighted by Gasteiger charge is 2.14. The van der Waals surface area contributed by atoms with Crippen LogP contribution in [0.4, 0.5) is 0 Å². The van der Waals surface area contributed by atoms with Crippen LogP contribution in [0.3, 0.4) is 0 Å². The van der Waals surface area contributed by atoms with E-state index >= 15 is 0 Å². The van der Waals surface area contributed by atoms with E-state index in [4.69, 9.17) is 4.74 Å². The van der Waals surface area contributed by atoms with E-state index in [0.29, 0.717) is 6.42 Å². The molecule has 0 aromatic heterocycles. The monoisotopic (exact) mass is 290 g/mol. The topological polar surface area (TPSA) is 26.3 Å². The second-order valence-electron chi connectivity index (χ2n) is 4.77. The van der Waals surface area contributed by atoms with E-state index in [2.05, 4.69) is 11.8 Å². The van der Waals surface area contributed by atoms with E-state index in [1.165, 1.54) is 7.11 Å². The summed E-state index contributed by atoms with van der Waals surface area (Å²) in [5.41, 5.74) is 1.99. The van der Waals surface area contributed by atoms with Crippen LogP contribution in [0, 0.1) is 17.8 Å². The average molecular weight is 290 g/mol. The minimum absolute atomic E-state index is 0.269. The third kappa shape index (κ3) is 4.96. The van der Waals surface area contributed by atoms with Crippen LogP contribution in [0.5, 0.6) is 0 Å². The quantitative estimate of drug-likeness (QED) is 0.630. The summed E-state index contributed by atoms with van der Waals surface area (Å²) >= 11 is 0. The molecule has 2 aromatic rings. The molecule has 0 fully saturated rings. The van der Waals surface area contributed by atoms with Gasteiger partial charge in [-0.25, -0.2) is 0 Å². The summed E-state index contributed by atoms with van der Waals surface area (Å²) in [5.74, 6) is 5.48. The zero-order chi connectivity index (χ0) is 15.6. The zero-order valence-corrected chi connectivity index (χ0v) is 12.5. The van der Waals surface area contributed by atoms with Gasteiger partial charge in [-0.05, 0) is 17.7 Å². The summed E-state index contributed by atoms with van der Waals surface area (Å²) in [6.45, 7) is 0. The lowest BCUT2D eigenvalue weighted by Crippen LogP contribution is -2.13. The Bertz CT molecular complexity index is 676. The number of carbonyl (C=O) groups is 1. The van der Waals surface area contributed by atoms with Gasteiger partial charge in [0, 0.05) is 12.0 Å². The van der Waals surface area contributed by atoms with Crippen LogP contribution >= 0.6 is 0 Å². The Hall–Kier alpha value is -2.79. The number of hydrogen-bond donors (Lipinski definition) is 0. The molecule has 22 heavy (non-hydrogen) atoms. The molecule has 0 heterocycles. The van der Waals surface area contributed by atoms with E-state index < -0.39 is 0 Å². The van der Waals surface area contributed by atoms with Crippen molar-refractivity contribution in [2.45, 2.75) is 6.42 Å². The van der Waals surface area contributed by atoms with E-state index in [0.717, 1.165) is 11.1 Å². The summed E-state index contributed by atoms with van der Waals surface area (Å²) in [6, 6.07) is 19.6. The van der Waals surface area contributed by atoms with Crippen molar-refractivity contribution >= 4 is 12.0 Å². The van der Waals surface area contributed by atoms with Crippen LogP contribution in [-0.4, -0.2) is 13.1 Å². The first kappa shape index (κ1) is 15.6. The molecule has 2 heteroatoms. The first-order chi connectivity index (χ1) is 10.8. The van der Waals surface area contributed by atoms with Crippen LogP contribution in [0.1, 0.15) is 17.5 Å². The van der Waals surface area contributed by atoms with Crippen molar-refractivity contribution in [3.8, 4) is 11.8 Å². The number of esters is 1. The van der Waals surface area contributed by atoms with Gasteiger partial charge >= 0.3 is 5.97 Å². The first-order valence-corrected chi connectivity index (χ1v) is 7.14. The smallest absolute Gasteiger partial charge is 0.313 e. The van der Waals surface area contributed by atoms with Gasteiger partial charge < -0.3 is 4.74 Å². The normalized spacial score (nSPS) is 11.5. The van der Waals surface area contributed by atoms with Crippen molar-refractivity contribution in [1.29, 1.82) is 0 Å². The van der Waals surface area contributed by atoms with E-state index in [1.54, 1.807) is 0 Å². The minimum atomic E-state index is -0.360. The van der Waals surface area contributed by atoms with Crippen LogP contribution in [0.2, 0.25) is 0 Å². The summed E-state index contributed by atoms with van der Waals surface area (Å²) in [4.78, 5) is 11.8. The van der Waals surface area contributed by atoms with Crippen molar-refractivity contribution < 1.29 is 9.53 Å². The molecule has 2 nitrogen and oxygen atoms in total. The fourth-order valence-electron chi connectivity index (χ4n) is 1.96. The Balaban J connectivity index is 2.06. The number of carbonyl (C=O) groups excluding carboxylic acids is 1. The molecular formula is C20H18O2. The fraction of sp³-hybridized carbons (Fsp3) is 0.150. The fourth-order valence-corrected chi connectivity index (χ4v) is 1.96. The van der Waals surface area contributed by atoms with Gasteiger partial charge in [0.1, 0.15) is 0 Å². The Morgan fingerprint density at radius 2 is 1.73 bits per heavy atom. The molecule has 0 bridgehead atoms. The highest BCUT2D eigenvalue weighted by molar-refractivity contribution is 5.76. The molecule has 0 amide bonds. The van der Waals surface area contributed by atoms with Gasteiger partial charge in [0.05, 0.1) is 13.0 Å². The Morgan fingerprint density at radius 3 is 2.36 bits per heavy atom. The number of rotatable bonds is 4. The maximum absolute atomic E-state index is 11.8. The molecule has 110 valence electrons. The Morgan fingerprint density at radius 1 is 1.09 bits per heavy atom. The standard InChI is InChI=1S/C20H18O2/c1-22-20(21)19(16-15-18-11-6-3-7-12-18)14-8-13-17-9-4-2-5-10-17/h2-7,9-12,15-16,19H,14H2,1H3/b16-15+. The van der Waals surface area contributed by atoms with Crippen LogP contribution < -0.4 is 0 Å². The Kier molecular flexibility index (Phi) is 6.02. The molecule has 0 aliphatic heterocycles. The van der Waals surface area contributed by atoms with Crippen molar-refractivity contribution in [2.75, 3.05) is 7.11 Å². The third-order valence-corrected chi connectivity index (χ3v) is 3.15. The molecule has 0 aliphatic rings. The number of hydrogen-bond acceptors (Lipinski definition) is 2. The van der Waals surface area contributed by atoms with Crippen molar-refractivity contribution in [2.24, 2.45) is 5.92 Å². The maximum Gasteiger partial charge on any atom is 0.313 e. The van der Waals surface area contributed by atoms with E-state index in [1.807, 2.05) is 72.8 Å². The predicted octanol–water partition coefficient (Wildman–Crippen LogP) is 3.93. The predicted molar refractivity (Wildman–Crippen MR) is 88.9 cm³/mol. The molecule has 0 radical (unpaired) electrons. The van der Waals surface area contributed by atoms with Gasteiger partial charge in [0.2, 0.25) is 0 Å². The number of benzene rings is 2. The highest BCUT2D eigenvalue weighted by atomic mass is 16.5. The lowest BCUT2D eigenvalue weighted by molar-refractivity contribution is -0.143. The highest BCUT2D eigenvalue weighted by Crippen LogP contribution is 2.11. The van der Waals surface area contributed by atoms with Gasteiger partial charge in [0.25, 0.3) is 0 Å². The summed E-state index contributed by atoms with van der Waals surface area (Å²) in [6.07, 6.45) is 4.21. The van der Waals surface area contributed by atoms with Crippen molar-refractivity contribution in [3.05, 3.63) is 77.9 Å². The molecule has 0 spiro atoms. The third-order valence-electron chi connectivity index (χ3n) is 3.15. The second-order valence-corrected chi connectivity index (χ2v) is 4.77. The molecule has 0 aliphatic carbocycles. The average Bonchev–Trinajstić information content (AvgIpc) is 2.59. The molecular weight excluding hydrogens is 272 g/mol. The lowest BCUT2D eigenvalue weighted by Gasteiger charge is -2.06. The molecule has 1 atom stereocenters.